The molecule has 1 rings (SSSR count). The zero-order valence-corrected chi connectivity index (χ0v) is 8.31. The Morgan fingerprint density at radius 1 is 1.71 bits per heavy atom. The predicted molar refractivity (Wildman–Crippen MR) is 51.1 cm³/mol. The summed E-state index contributed by atoms with van der Waals surface area (Å²) in [5.41, 5.74) is 0. The summed E-state index contributed by atoms with van der Waals surface area (Å²) in [5.74, 6) is -0.270. The van der Waals surface area contributed by atoms with E-state index < -0.39 is 17.3 Å². The zero-order valence-electron chi connectivity index (χ0n) is 7.49. The summed E-state index contributed by atoms with van der Waals surface area (Å²) >= 11 is 1.19. The summed E-state index contributed by atoms with van der Waals surface area (Å²) < 4.78 is 0. The second kappa shape index (κ2) is 4.85. The summed E-state index contributed by atoms with van der Waals surface area (Å²) in [7, 11) is 1.47. The van der Waals surface area contributed by atoms with E-state index in [0.717, 1.165) is 0 Å². The van der Waals surface area contributed by atoms with Gasteiger partial charge < -0.3 is 16.0 Å². The Balaban J connectivity index is 2.51. The molecule has 0 aliphatic carbocycles. The van der Waals surface area contributed by atoms with Crippen LogP contribution in [0.15, 0.2) is 0 Å². The Hall–Kier alpha value is -1.24. The molecule has 14 heavy (non-hydrogen) atoms. The molecule has 2 atom stereocenters. The maximum Gasteiger partial charge on any atom is 0.310 e. The van der Waals surface area contributed by atoms with Gasteiger partial charge in [0, 0.05) is 12.8 Å². The lowest BCUT2D eigenvalue weighted by Crippen LogP contribution is -2.56. The van der Waals surface area contributed by atoms with Gasteiger partial charge in [-0.3, -0.25) is 14.4 Å². The largest absolute Gasteiger partial charge is 0.358 e. The van der Waals surface area contributed by atoms with Crippen LogP contribution in [0.25, 0.3) is 0 Å². The fraction of sp³-hybridized carbons (Fsp3) is 0.571. The molecule has 1 saturated heterocycles. The van der Waals surface area contributed by atoms with Crippen molar-refractivity contribution in [3.8, 4) is 0 Å². The van der Waals surface area contributed by atoms with Gasteiger partial charge in [-0.05, 0) is 0 Å². The molecule has 1 aliphatic rings. The van der Waals surface area contributed by atoms with Gasteiger partial charge in [0.15, 0.2) is 5.25 Å². The molecule has 0 saturated carbocycles. The van der Waals surface area contributed by atoms with E-state index in [1.165, 1.54) is 25.2 Å². The van der Waals surface area contributed by atoms with Gasteiger partial charge in [-0.1, -0.05) is 0 Å². The third-order valence-corrected chi connectivity index (χ3v) is 2.99. The Labute approximate surface area is 85.2 Å². The fourth-order valence-corrected chi connectivity index (χ4v) is 2.07. The van der Waals surface area contributed by atoms with Crippen molar-refractivity contribution in [1.82, 2.24) is 16.0 Å². The molecule has 6 nitrogen and oxygen atoms in total. The molecule has 0 bridgehead atoms. The molecule has 1 radical (unpaired) electrons. The number of hydrogen-bond donors (Lipinski definition) is 3. The fourth-order valence-electron chi connectivity index (χ4n) is 1.03. The number of nitrogens with one attached hydrogen (secondary N) is 3. The minimum atomic E-state index is -0.732. The van der Waals surface area contributed by atoms with Crippen LogP contribution in [0.2, 0.25) is 0 Å². The summed E-state index contributed by atoms with van der Waals surface area (Å²) in [4.78, 5) is 32.4. The minimum absolute atomic E-state index is 0.332. The molecule has 7 heteroatoms. The molecule has 2 unspecified atom stereocenters. The van der Waals surface area contributed by atoms with E-state index in [4.69, 9.17) is 0 Å². The Morgan fingerprint density at radius 3 is 2.93 bits per heavy atom. The van der Waals surface area contributed by atoms with Crippen LogP contribution in [0.1, 0.15) is 0 Å². The molecule has 3 amide bonds. The monoisotopic (exact) mass is 216 g/mol. The lowest BCUT2D eigenvalue weighted by Gasteiger charge is -2.26. The standard InChI is InChI=1S/C7H10N3O3S/c1-8-6(12)5-7(13)10-4(2-14-5)9-3-11/h4-5H,2H2,1H3,(H,8,12)(H,9,11)(H,10,13). The van der Waals surface area contributed by atoms with E-state index in [-0.39, 0.29) is 5.91 Å². The Bertz CT molecular complexity index is 259. The minimum Gasteiger partial charge on any atom is -0.358 e. The Morgan fingerprint density at radius 2 is 2.43 bits per heavy atom. The van der Waals surface area contributed by atoms with Crippen LogP contribution >= 0.6 is 11.8 Å². The second-order valence-corrected chi connectivity index (χ2v) is 3.77. The van der Waals surface area contributed by atoms with E-state index in [1.54, 1.807) is 0 Å². The summed E-state index contributed by atoms with van der Waals surface area (Å²) in [6.45, 7) is 0. The summed E-state index contributed by atoms with van der Waals surface area (Å²) in [6.07, 6.45) is 1.05. The number of carbonyl (C=O) groups excluding carboxylic acids is 3. The normalized spacial score (nSPS) is 26.2. The average Bonchev–Trinajstić information content (AvgIpc) is 2.17. The van der Waals surface area contributed by atoms with Crippen LogP contribution in [0.3, 0.4) is 0 Å². The molecule has 3 N–H and O–H groups in total. The maximum atomic E-state index is 11.3. The third kappa shape index (κ3) is 2.38. The van der Waals surface area contributed by atoms with Crippen LogP contribution in [0.4, 0.5) is 0 Å². The lowest BCUT2D eigenvalue weighted by molar-refractivity contribution is -0.128. The molecule has 1 heterocycles. The van der Waals surface area contributed by atoms with E-state index >= 15 is 0 Å². The first-order valence-electron chi connectivity index (χ1n) is 3.95. The highest BCUT2D eigenvalue weighted by Crippen LogP contribution is 2.16. The van der Waals surface area contributed by atoms with Crippen LogP contribution in [0.5, 0.6) is 0 Å². The van der Waals surface area contributed by atoms with Gasteiger partial charge in [-0.25, -0.2) is 0 Å². The van der Waals surface area contributed by atoms with Gasteiger partial charge >= 0.3 is 6.41 Å². The van der Waals surface area contributed by atoms with Gasteiger partial charge in [0.2, 0.25) is 11.8 Å². The highest BCUT2D eigenvalue weighted by Gasteiger charge is 2.33. The number of rotatable bonds is 3. The quantitative estimate of drug-likeness (QED) is 0.374. The number of amides is 3. The average molecular weight is 216 g/mol. The molecular formula is C7H10N3O3S. The second-order valence-electron chi connectivity index (χ2n) is 2.64. The van der Waals surface area contributed by atoms with Crippen molar-refractivity contribution >= 4 is 30.0 Å². The molecule has 0 spiro atoms. The number of hydrogen-bond acceptors (Lipinski definition) is 4. The van der Waals surface area contributed by atoms with Gasteiger partial charge in [0.1, 0.15) is 6.17 Å². The van der Waals surface area contributed by atoms with E-state index in [0.29, 0.717) is 5.75 Å². The van der Waals surface area contributed by atoms with Gasteiger partial charge in [0.05, 0.1) is 0 Å². The van der Waals surface area contributed by atoms with Crippen LogP contribution in [-0.2, 0) is 14.4 Å². The van der Waals surface area contributed by atoms with Gasteiger partial charge in [-0.15, -0.1) is 11.8 Å². The predicted octanol–water partition coefficient (Wildman–Crippen LogP) is -2.05. The van der Waals surface area contributed by atoms with Crippen molar-refractivity contribution in [3.05, 3.63) is 0 Å². The summed E-state index contributed by atoms with van der Waals surface area (Å²) in [5, 5.41) is 6.45. The van der Waals surface area contributed by atoms with Gasteiger partial charge in [0.25, 0.3) is 0 Å². The van der Waals surface area contributed by atoms with Crippen molar-refractivity contribution in [2.24, 2.45) is 0 Å². The first-order valence-corrected chi connectivity index (χ1v) is 5.00. The van der Waals surface area contributed by atoms with E-state index in [1.807, 2.05) is 0 Å². The SMILES string of the molecule is CNC(=O)C1SCC(N[C]=O)NC1=O. The van der Waals surface area contributed by atoms with Crippen LogP contribution < -0.4 is 16.0 Å². The van der Waals surface area contributed by atoms with Crippen LogP contribution in [-0.4, -0.2) is 42.4 Å². The summed E-state index contributed by atoms with van der Waals surface area (Å²) in [6, 6.07) is 0. The molecule has 0 aromatic carbocycles. The Kier molecular flexibility index (Phi) is 3.75. The van der Waals surface area contributed by atoms with E-state index in [2.05, 4.69) is 16.0 Å². The molecule has 77 valence electrons. The highest BCUT2D eigenvalue weighted by atomic mass is 32.2. The topological polar surface area (TPSA) is 87.3 Å². The van der Waals surface area contributed by atoms with Crippen LogP contribution in [0, 0.1) is 0 Å². The first kappa shape index (κ1) is 10.8. The molecule has 1 fully saturated rings. The highest BCUT2D eigenvalue weighted by molar-refractivity contribution is 8.01. The molecule has 1 aliphatic heterocycles. The smallest absolute Gasteiger partial charge is 0.310 e. The van der Waals surface area contributed by atoms with Crippen molar-refractivity contribution in [3.63, 3.8) is 0 Å². The third-order valence-electron chi connectivity index (χ3n) is 1.70. The number of thioether (sulfide) groups is 1. The lowest BCUT2D eigenvalue weighted by atomic mass is 10.3. The van der Waals surface area contributed by atoms with Crippen molar-refractivity contribution in [2.75, 3.05) is 12.8 Å². The first-order chi connectivity index (χ1) is 6.69. The molecular weight excluding hydrogens is 206 g/mol. The maximum absolute atomic E-state index is 11.3. The van der Waals surface area contributed by atoms with Gasteiger partial charge in [-0.2, -0.15) is 0 Å². The zero-order chi connectivity index (χ0) is 10.6. The van der Waals surface area contributed by atoms with Crippen molar-refractivity contribution < 1.29 is 14.4 Å². The molecule has 0 aromatic heterocycles. The van der Waals surface area contributed by atoms with Crippen molar-refractivity contribution in [1.29, 1.82) is 0 Å². The number of carbonyl (C=O) groups is 2. The molecule has 0 aromatic rings. The van der Waals surface area contributed by atoms with E-state index in [9.17, 15) is 14.4 Å². The van der Waals surface area contributed by atoms with Crippen molar-refractivity contribution in [2.45, 2.75) is 11.4 Å².